The summed E-state index contributed by atoms with van der Waals surface area (Å²) >= 11 is 0. The molecule has 0 saturated carbocycles. The van der Waals surface area contributed by atoms with Crippen LogP contribution in [0.2, 0.25) is 0 Å². The van der Waals surface area contributed by atoms with E-state index in [9.17, 15) is 13.5 Å². The first-order chi connectivity index (χ1) is 9.05. The van der Waals surface area contributed by atoms with Crippen LogP contribution in [0.4, 0.5) is 5.69 Å². The van der Waals surface area contributed by atoms with Crippen molar-refractivity contribution >= 4 is 15.7 Å². The van der Waals surface area contributed by atoms with E-state index in [0.717, 1.165) is 13.0 Å². The van der Waals surface area contributed by atoms with Gasteiger partial charge in [-0.1, -0.05) is 19.1 Å². The van der Waals surface area contributed by atoms with Crippen molar-refractivity contribution in [2.45, 2.75) is 30.8 Å². The lowest BCUT2D eigenvalue weighted by Crippen LogP contribution is -2.30. The normalized spacial score (nSPS) is 20.6. The Morgan fingerprint density at radius 2 is 2.16 bits per heavy atom. The van der Waals surface area contributed by atoms with Gasteiger partial charge in [-0.2, -0.15) is 4.31 Å². The highest BCUT2D eigenvalue weighted by atomic mass is 32.2. The van der Waals surface area contributed by atoms with Gasteiger partial charge in [0.05, 0.1) is 11.8 Å². The number of hydrogen-bond donors (Lipinski definition) is 2. The molecule has 6 heteroatoms. The molecule has 19 heavy (non-hydrogen) atoms. The lowest BCUT2D eigenvalue weighted by atomic mass is 10.3. The first kappa shape index (κ1) is 14.3. The minimum atomic E-state index is -3.52. The number of nitrogens with one attached hydrogen (secondary N) is 1. The molecule has 1 heterocycles. The Balaban J connectivity index is 2.29. The Morgan fingerprint density at radius 1 is 1.42 bits per heavy atom. The first-order valence-corrected chi connectivity index (χ1v) is 8.01. The highest BCUT2D eigenvalue weighted by Crippen LogP contribution is 2.27. The minimum absolute atomic E-state index is 0.185. The molecule has 0 spiro atoms. The monoisotopic (exact) mass is 284 g/mol. The Kier molecular flexibility index (Phi) is 4.44. The molecule has 1 aliphatic rings. The molecule has 1 fully saturated rings. The van der Waals surface area contributed by atoms with Crippen molar-refractivity contribution in [3.8, 4) is 0 Å². The summed E-state index contributed by atoms with van der Waals surface area (Å²) in [5.74, 6) is 0. The van der Waals surface area contributed by atoms with Crippen molar-refractivity contribution in [2.24, 2.45) is 0 Å². The van der Waals surface area contributed by atoms with Gasteiger partial charge in [0, 0.05) is 19.6 Å². The minimum Gasteiger partial charge on any atom is -0.392 e. The summed E-state index contributed by atoms with van der Waals surface area (Å²) in [7, 11) is -3.52. The Morgan fingerprint density at radius 3 is 2.79 bits per heavy atom. The number of rotatable bonds is 5. The fourth-order valence-corrected chi connectivity index (χ4v) is 3.83. The number of para-hydroxylation sites is 1. The molecular weight excluding hydrogens is 264 g/mol. The third-order valence-corrected chi connectivity index (χ3v) is 5.12. The van der Waals surface area contributed by atoms with Crippen LogP contribution in [0.1, 0.15) is 19.8 Å². The lowest BCUT2D eigenvalue weighted by Gasteiger charge is -2.18. The molecule has 1 unspecified atom stereocenters. The van der Waals surface area contributed by atoms with E-state index in [4.69, 9.17) is 0 Å². The summed E-state index contributed by atoms with van der Waals surface area (Å²) < 4.78 is 26.4. The maximum absolute atomic E-state index is 12.5. The van der Waals surface area contributed by atoms with Crippen molar-refractivity contribution < 1.29 is 13.5 Å². The van der Waals surface area contributed by atoms with Gasteiger partial charge in [-0.05, 0) is 25.0 Å². The van der Waals surface area contributed by atoms with Crippen molar-refractivity contribution in [2.75, 3.05) is 25.0 Å². The Hall–Kier alpha value is -1.11. The molecule has 1 aliphatic heterocycles. The van der Waals surface area contributed by atoms with Crippen LogP contribution in [-0.4, -0.2) is 43.6 Å². The number of hydrogen-bond acceptors (Lipinski definition) is 4. The van der Waals surface area contributed by atoms with E-state index in [2.05, 4.69) is 5.32 Å². The van der Waals surface area contributed by atoms with E-state index >= 15 is 0 Å². The Bertz CT molecular complexity index is 530. The maximum Gasteiger partial charge on any atom is 0.245 e. The van der Waals surface area contributed by atoms with E-state index in [1.165, 1.54) is 4.31 Å². The average Bonchev–Trinajstić information content (AvgIpc) is 2.84. The van der Waals surface area contributed by atoms with Gasteiger partial charge in [0.15, 0.2) is 0 Å². The third-order valence-electron chi connectivity index (χ3n) is 3.20. The van der Waals surface area contributed by atoms with Crippen molar-refractivity contribution in [1.29, 1.82) is 0 Å². The SMILES string of the molecule is CCCNc1ccccc1S(=O)(=O)N1CCC(O)C1. The van der Waals surface area contributed by atoms with Gasteiger partial charge < -0.3 is 10.4 Å². The largest absolute Gasteiger partial charge is 0.392 e. The van der Waals surface area contributed by atoms with E-state index < -0.39 is 16.1 Å². The number of aliphatic hydroxyl groups is 1. The highest BCUT2D eigenvalue weighted by Gasteiger charge is 2.32. The molecule has 0 radical (unpaired) electrons. The number of nitrogens with zero attached hydrogens (tertiary/aromatic N) is 1. The highest BCUT2D eigenvalue weighted by molar-refractivity contribution is 7.89. The summed E-state index contributed by atoms with van der Waals surface area (Å²) in [4.78, 5) is 0.289. The zero-order valence-corrected chi connectivity index (χ0v) is 11.9. The molecule has 1 aromatic rings. The van der Waals surface area contributed by atoms with Gasteiger partial charge in [0.2, 0.25) is 10.0 Å². The van der Waals surface area contributed by atoms with Gasteiger partial charge in [-0.25, -0.2) is 8.42 Å². The Labute approximate surface area is 114 Å². The predicted octanol–water partition coefficient (Wildman–Crippen LogP) is 1.26. The van der Waals surface area contributed by atoms with Gasteiger partial charge in [-0.3, -0.25) is 0 Å². The number of benzene rings is 1. The zero-order valence-electron chi connectivity index (χ0n) is 11.0. The summed E-state index contributed by atoms with van der Waals surface area (Å²) in [6, 6.07) is 6.92. The standard InChI is InChI=1S/C13H20N2O3S/c1-2-8-14-12-5-3-4-6-13(12)19(17,18)15-9-7-11(16)10-15/h3-6,11,14,16H,2,7-10H2,1H3. The van der Waals surface area contributed by atoms with Crippen molar-refractivity contribution in [3.63, 3.8) is 0 Å². The molecule has 5 nitrogen and oxygen atoms in total. The molecule has 0 bridgehead atoms. The third kappa shape index (κ3) is 3.08. The first-order valence-electron chi connectivity index (χ1n) is 6.57. The van der Waals surface area contributed by atoms with Crippen molar-refractivity contribution in [3.05, 3.63) is 24.3 Å². The number of aliphatic hydroxyl groups excluding tert-OH is 1. The van der Waals surface area contributed by atoms with Gasteiger partial charge in [-0.15, -0.1) is 0 Å². The van der Waals surface area contributed by atoms with Gasteiger partial charge in [0.1, 0.15) is 4.90 Å². The van der Waals surface area contributed by atoms with Crippen LogP contribution in [0.15, 0.2) is 29.2 Å². The van der Waals surface area contributed by atoms with Crippen LogP contribution < -0.4 is 5.32 Å². The molecule has 106 valence electrons. The summed E-state index contributed by atoms with van der Waals surface area (Å²) in [6.45, 7) is 3.33. The smallest absolute Gasteiger partial charge is 0.245 e. The summed E-state index contributed by atoms with van der Waals surface area (Å²) in [6.07, 6.45) is 0.881. The molecule has 2 rings (SSSR count). The summed E-state index contributed by atoms with van der Waals surface area (Å²) in [5.41, 5.74) is 0.630. The molecular formula is C13H20N2O3S. The number of sulfonamides is 1. The number of anilines is 1. The molecule has 2 N–H and O–H groups in total. The van der Waals surface area contributed by atoms with Crippen molar-refractivity contribution in [1.82, 2.24) is 4.31 Å². The van der Waals surface area contributed by atoms with Crippen LogP contribution in [-0.2, 0) is 10.0 Å². The van der Waals surface area contributed by atoms with Crippen LogP contribution in [0.25, 0.3) is 0 Å². The van der Waals surface area contributed by atoms with Crippen LogP contribution in [0.3, 0.4) is 0 Å². The van der Waals surface area contributed by atoms with Crippen LogP contribution >= 0.6 is 0 Å². The molecule has 0 aromatic heterocycles. The number of β-amino-alcohol motifs (C(OH)–C–C–N with tert-alkyl or cyclic N) is 1. The average molecular weight is 284 g/mol. The van der Waals surface area contributed by atoms with E-state index in [1.54, 1.807) is 18.2 Å². The lowest BCUT2D eigenvalue weighted by molar-refractivity contribution is 0.189. The topological polar surface area (TPSA) is 69.6 Å². The second-order valence-corrected chi connectivity index (χ2v) is 6.63. The van der Waals surface area contributed by atoms with E-state index in [-0.39, 0.29) is 11.4 Å². The van der Waals surface area contributed by atoms with E-state index in [0.29, 0.717) is 18.7 Å². The quantitative estimate of drug-likeness (QED) is 0.854. The molecule has 1 saturated heterocycles. The van der Waals surface area contributed by atoms with Gasteiger partial charge >= 0.3 is 0 Å². The fraction of sp³-hybridized carbons (Fsp3) is 0.538. The maximum atomic E-state index is 12.5. The molecule has 1 atom stereocenters. The zero-order chi connectivity index (χ0) is 13.9. The molecule has 0 amide bonds. The second-order valence-electron chi connectivity index (χ2n) is 4.73. The second kappa shape index (κ2) is 5.90. The van der Waals surface area contributed by atoms with E-state index in [1.807, 2.05) is 13.0 Å². The van der Waals surface area contributed by atoms with Gasteiger partial charge in [0.25, 0.3) is 0 Å². The molecule has 1 aromatic carbocycles. The van der Waals surface area contributed by atoms with Crippen LogP contribution in [0.5, 0.6) is 0 Å². The predicted molar refractivity (Wildman–Crippen MR) is 74.6 cm³/mol. The summed E-state index contributed by atoms with van der Waals surface area (Å²) in [5, 5.41) is 12.6. The molecule has 0 aliphatic carbocycles. The fourth-order valence-electron chi connectivity index (χ4n) is 2.17. The van der Waals surface area contributed by atoms with Crippen LogP contribution in [0, 0.1) is 0 Å².